The van der Waals surface area contributed by atoms with Crippen LogP contribution in [0.1, 0.15) is 11.1 Å². The molecule has 0 fully saturated rings. The second-order valence-corrected chi connectivity index (χ2v) is 7.06. The number of aryl methyl sites for hydroxylation is 1. The van der Waals surface area contributed by atoms with Gasteiger partial charge >= 0.3 is 0 Å². The van der Waals surface area contributed by atoms with Gasteiger partial charge in [0.15, 0.2) is 5.65 Å². The van der Waals surface area contributed by atoms with E-state index in [1.54, 1.807) is 18.2 Å². The van der Waals surface area contributed by atoms with Crippen molar-refractivity contribution in [1.29, 1.82) is 0 Å². The quantitative estimate of drug-likeness (QED) is 0.518. The number of carbonyl (C=O) groups excluding carboxylic acids is 1. The summed E-state index contributed by atoms with van der Waals surface area (Å²) in [6, 6.07) is 12.4. The maximum Gasteiger partial charge on any atom is 0.230 e. The Morgan fingerprint density at radius 1 is 1.22 bits per heavy atom. The van der Waals surface area contributed by atoms with Crippen molar-refractivity contribution in [2.75, 3.05) is 5.75 Å². The molecule has 0 bridgehead atoms. The number of aromatic nitrogens is 4. The molecule has 2 aromatic carbocycles. The summed E-state index contributed by atoms with van der Waals surface area (Å²) in [6.45, 7) is 2.16. The fraction of sp³-hybridized carbons (Fsp3) is 0.158. The lowest BCUT2D eigenvalue weighted by Crippen LogP contribution is -2.25. The number of nitrogens with one attached hydrogen (secondary N) is 2. The van der Waals surface area contributed by atoms with Gasteiger partial charge in [0, 0.05) is 23.0 Å². The van der Waals surface area contributed by atoms with Crippen LogP contribution in [0.25, 0.3) is 22.1 Å². The van der Waals surface area contributed by atoms with E-state index in [0.29, 0.717) is 21.9 Å². The predicted molar refractivity (Wildman–Crippen MR) is 103 cm³/mol. The first kappa shape index (κ1) is 17.4. The Morgan fingerprint density at radius 3 is 2.93 bits per heavy atom. The summed E-state index contributed by atoms with van der Waals surface area (Å²) in [5, 5.41) is 12.4. The van der Waals surface area contributed by atoms with Crippen molar-refractivity contribution in [2.24, 2.45) is 0 Å². The van der Waals surface area contributed by atoms with Gasteiger partial charge in [-0.2, -0.15) is 0 Å². The van der Waals surface area contributed by atoms with Gasteiger partial charge < -0.3 is 10.3 Å². The molecule has 8 heteroatoms. The highest BCUT2D eigenvalue weighted by Gasteiger charge is 2.11. The molecule has 4 rings (SSSR count). The van der Waals surface area contributed by atoms with Crippen molar-refractivity contribution in [1.82, 2.24) is 25.5 Å². The fourth-order valence-corrected chi connectivity index (χ4v) is 3.36. The summed E-state index contributed by atoms with van der Waals surface area (Å²) >= 11 is 1.19. The van der Waals surface area contributed by atoms with Gasteiger partial charge in [-0.3, -0.25) is 4.79 Å². The normalized spacial score (nSPS) is 11.2. The average Bonchev–Trinajstić information content (AvgIpc) is 3.02. The molecule has 0 atom stereocenters. The van der Waals surface area contributed by atoms with E-state index >= 15 is 0 Å². The molecule has 136 valence electrons. The predicted octanol–water partition coefficient (Wildman–Crippen LogP) is 3.36. The minimum Gasteiger partial charge on any atom is -0.351 e. The second-order valence-electron chi connectivity index (χ2n) is 6.12. The Labute approximate surface area is 158 Å². The Bertz CT molecular complexity index is 1140. The van der Waals surface area contributed by atoms with Gasteiger partial charge in [0.1, 0.15) is 11.3 Å². The van der Waals surface area contributed by atoms with Crippen LogP contribution in [0.4, 0.5) is 4.39 Å². The molecule has 0 aliphatic heterocycles. The molecule has 2 aromatic heterocycles. The average molecular weight is 381 g/mol. The lowest BCUT2D eigenvalue weighted by Gasteiger charge is -2.05. The second kappa shape index (κ2) is 7.32. The topological polar surface area (TPSA) is 83.6 Å². The molecule has 1 amide bonds. The summed E-state index contributed by atoms with van der Waals surface area (Å²) in [6.07, 6.45) is 0. The molecule has 2 N–H and O–H groups in total. The Morgan fingerprint density at radius 2 is 2.07 bits per heavy atom. The van der Waals surface area contributed by atoms with Crippen LogP contribution in [0.5, 0.6) is 0 Å². The molecule has 0 saturated heterocycles. The van der Waals surface area contributed by atoms with Gasteiger partial charge in [0.05, 0.1) is 5.75 Å². The van der Waals surface area contributed by atoms with Gasteiger partial charge in [0.25, 0.3) is 0 Å². The SMILES string of the molecule is Cc1ccc2[nH]c3nc(SCC(=O)NCc4ccccc4F)nnc3c2c1. The number of aromatic amines is 1. The van der Waals surface area contributed by atoms with Crippen LogP contribution >= 0.6 is 11.8 Å². The molecule has 0 spiro atoms. The number of halogens is 1. The zero-order valence-electron chi connectivity index (χ0n) is 14.5. The summed E-state index contributed by atoms with van der Waals surface area (Å²) in [5.41, 5.74) is 3.88. The minimum absolute atomic E-state index is 0.126. The zero-order valence-corrected chi connectivity index (χ0v) is 15.3. The van der Waals surface area contributed by atoms with E-state index in [1.165, 1.54) is 17.8 Å². The minimum atomic E-state index is -0.336. The number of thioether (sulfide) groups is 1. The van der Waals surface area contributed by atoms with E-state index in [0.717, 1.165) is 16.5 Å². The molecule has 27 heavy (non-hydrogen) atoms. The van der Waals surface area contributed by atoms with E-state index in [4.69, 9.17) is 0 Å². The smallest absolute Gasteiger partial charge is 0.230 e. The van der Waals surface area contributed by atoms with Crippen LogP contribution in [-0.4, -0.2) is 31.8 Å². The van der Waals surface area contributed by atoms with Crippen molar-refractivity contribution < 1.29 is 9.18 Å². The molecule has 4 aromatic rings. The molecule has 0 aliphatic rings. The highest BCUT2D eigenvalue weighted by Crippen LogP contribution is 2.24. The van der Waals surface area contributed by atoms with Gasteiger partial charge in [-0.1, -0.05) is 41.6 Å². The fourth-order valence-electron chi connectivity index (χ4n) is 2.75. The number of hydrogen-bond acceptors (Lipinski definition) is 5. The van der Waals surface area contributed by atoms with Crippen LogP contribution in [0.3, 0.4) is 0 Å². The van der Waals surface area contributed by atoms with Gasteiger partial charge in [0.2, 0.25) is 11.1 Å². The van der Waals surface area contributed by atoms with Crippen LogP contribution in [0, 0.1) is 12.7 Å². The molecular formula is C19H16FN5OS. The highest BCUT2D eigenvalue weighted by atomic mass is 32.2. The largest absolute Gasteiger partial charge is 0.351 e. The third-order valence-electron chi connectivity index (χ3n) is 4.12. The number of benzene rings is 2. The summed E-state index contributed by atoms with van der Waals surface area (Å²) < 4.78 is 13.6. The number of amides is 1. The first-order valence-corrected chi connectivity index (χ1v) is 9.34. The molecule has 0 radical (unpaired) electrons. The maximum absolute atomic E-state index is 13.6. The van der Waals surface area contributed by atoms with Crippen molar-refractivity contribution in [3.8, 4) is 0 Å². The molecule has 6 nitrogen and oxygen atoms in total. The first-order chi connectivity index (χ1) is 13.1. The highest BCUT2D eigenvalue weighted by molar-refractivity contribution is 7.99. The van der Waals surface area contributed by atoms with Crippen molar-refractivity contribution >= 4 is 39.7 Å². The van der Waals surface area contributed by atoms with Gasteiger partial charge in [-0.05, 0) is 25.1 Å². The van der Waals surface area contributed by atoms with E-state index in [9.17, 15) is 9.18 Å². The standard InChI is InChI=1S/C19H16FN5OS/c1-11-6-7-15-13(8-11)17-18(22-15)23-19(25-24-17)27-10-16(26)21-9-12-4-2-3-5-14(12)20/h2-8H,9-10H2,1H3,(H,21,26)(H,22,23,25). The lowest BCUT2D eigenvalue weighted by atomic mass is 10.2. The molecule has 0 unspecified atom stereocenters. The first-order valence-electron chi connectivity index (χ1n) is 8.36. The van der Waals surface area contributed by atoms with Crippen molar-refractivity contribution in [3.63, 3.8) is 0 Å². The maximum atomic E-state index is 13.6. The Balaban J connectivity index is 1.42. The van der Waals surface area contributed by atoms with Crippen molar-refractivity contribution in [2.45, 2.75) is 18.6 Å². The van der Waals surface area contributed by atoms with Crippen LogP contribution in [0.2, 0.25) is 0 Å². The monoisotopic (exact) mass is 381 g/mol. The van der Waals surface area contributed by atoms with Gasteiger partial charge in [-0.15, -0.1) is 10.2 Å². The summed E-state index contributed by atoms with van der Waals surface area (Å²) in [5.74, 6) is -0.433. The molecule has 0 saturated carbocycles. The number of rotatable bonds is 5. The van der Waals surface area contributed by atoms with Crippen LogP contribution in [-0.2, 0) is 11.3 Å². The number of nitrogens with zero attached hydrogens (tertiary/aromatic N) is 3. The van der Waals surface area contributed by atoms with E-state index in [2.05, 4.69) is 25.5 Å². The van der Waals surface area contributed by atoms with Crippen molar-refractivity contribution in [3.05, 3.63) is 59.4 Å². The number of carbonyl (C=O) groups is 1. The van der Waals surface area contributed by atoms with Crippen LogP contribution in [0.15, 0.2) is 47.6 Å². The third kappa shape index (κ3) is 3.75. The third-order valence-corrected chi connectivity index (χ3v) is 4.95. The number of hydrogen-bond donors (Lipinski definition) is 2. The number of H-pyrrole nitrogens is 1. The number of fused-ring (bicyclic) bond motifs is 3. The molecule has 2 heterocycles. The Hall–Kier alpha value is -3.00. The molecule has 0 aliphatic carbocycles. The summed E-state index contributed by atoms with van der Waals surface area (Å²) in [7, 11) is 0. The van der Waals surface area contributed by atoms with Gasteiger partial charge in [-0.25, -0.2) is 9.37 Å². The Kier molecular flexibility index (Phi) is 4.72. The van der Waals surface area contributed by atoms with E-state index in [1.807, 2.05) is 25.1 Å². The zero-order chi connectivity index (χ0) is 18.8. The molecular weight excluding hydrogens is 365 g/mol. The van der Waals surface area contributed by atoms with E-state index in [-0.39, 0.29) is 24.0 Å². The van der Waals surface area contributed by atoms with E-state index < -0.39 is 0 Å². The summed E-state index contributed by atoms with van der Waals surface area (Å²) in [4.78, 5) is 19.7. The van der Waals surface area contributed by atoms with Crippen LogP contribution < -0.4 is 5.32 Å². The lowest BCUT2D eigenvalue weighted by molar-refractivity contribution is -0.118.